The number of ether oxygens (including phenoxy) is 1. The van der Waals surface area contributed by atoms with Crippen molar-refractivity contribution < 1.29 is 9.53 Å². The van der Waals surface area contributed by atoms with Gasteiger partial charge in [0.15, 0.2) is 0 Å². The smallest absolute Gasteiger partial charge is 0.338 e. The van der Waals surface area contributed by atoms with Gasteiger partial charge in [-0.1, -0.05) is 36.7 Å². The molecule has 2 aliphatic rings. The molecule has 2 nitrogen and oxygen atoms in total. The lowest BCUT2D eigenvalue weighted by atomic mass is 9.70. The summed E-state index contributed by atoms with van der Waals surface area (Å²) in [6, 6.07) is 5.64. The quantitative estimate of drug-likeness (QED) is 0.691. The van der Waals surface area contributed by atoms with Gasteiger partial charge in [0.2, 0.25) is 0 Å². The van der Waals surface area contributed by atoms with Crippen LogP contribution in [0.3, 0.4) is 0 Å². The van der Waals surface area contributed by atoms with Gasteiger partial charge in [0.1, 0.15) is 6.10 Å². The highest BCUT2D eigenvalue weighted by molar-refractivity contribution is 9.10. The predicted octanol–water partition coefficient (Wildman–Crippen LogP) is 5.13. The molecule has 2 fully saturated rings. The molecule has 3 rings (SSSR count). The lowest BCUT2D eigenvalue weighted by Crippen LogP contribution is -2.38. The van der Waals surface area contributed by atoms with Crippen molar-refractivity contribution in [1.29, 1.82) is 0 Å². The molecule has 3 heteroatoms. The van der Waals surface area contributed by atoms with Crippen molar-refractivity contribution in [3.63, 3.8) is 0 Å². The predicted molar refractivity (Wildman–Crippen MR) is 87.3 cm³/mol. The number of halogens is 1. The maximum Gasteiger partial charge on any atom is 0.338 e. The molecule has 2 bridgehead atoms. The van der Waals surface area contributed by atoms with Crippen LogP contribution in [0.5, 0.6) is 0 Å². The Bertz CT molecular complexity index is 593. The van der Waals surface area contributed by atoms with E-state index in [2.05, 4.69) is 36.7 Å². The van der Waals surface area contributed by atoms with Crippen molar-refractivity contribution in [3.05, 3.63) is 33.8 Å². The second kappa shape index (κ2) is 4.84. The van der Waals surface area contributed by atoms with E-state index in [4.69, 9.17) is 4.74 Å². The van der Waals surface area contributed by atoms with Gasteiger partial charge < -0.3 is 4.74 Å². The Morgan fingerprint density at radius 3 is 2.57 bits per heavy atom. The van der Waals surface area contributed by atoms with Crippen LogP contribution in [-0.2, 0) is 4.74 Å². The first-order chi connectivity index (χ1) is 9.75. The highest BCUT2D eigenvalue weighted by Crippen LogP contribution is 2.66. The van der Waals surface area contributed by atoms with E-state index in [-0.39, 0.29) is 22.9 Å². The van der Waals surface area contributed by atoms with Crippen LogP contribution in [-0.4, -0.2) is 12.1 Å². The van der Waals surface area contributed by atoms with Gasteiger partial charge in [0, 0.05) is 9.89 Å². The lowest BCUT2D eigenvalue weighted by molar-refractivity contribution is -0.0242. The molecular formula is C18H23BrO2. The summed E-state index contributed by atoms with van der Waals surface area (Å²) >= 11 is 3.46. The standard InChI is InChI=1S/C18H23BrO2/c1-11-9-12(5-6-14(11)19)16(20)21-15-10-13-7-8-18(15,4)17(13,2)3/h5-6,9,13,15H,7-8,10H2,1-4H3. The Labute approximate surface area is 135 Å². The summed E-state index contributed by atoms with van der Waals surface area (Å²) in [5, 5.41) is 0. The van der Waals surface area contributed by atoms with Gasteiger partial charge in [-0.25, -0.2) is 4.79 Å². The number of rotatable bonds is 2. The van der Waals surface area contributed by atoms with Gasteiger partial charge in [-0.2, -0.15) is 0 Å². The molecule has 0 spiro atoms. The van der Waals surface area contributed by atoms with Gasteiger partial charge >= 0.3 is 5.97 Å². The number of benzene rings is 1. The van der Waals surface area contributed by atoms with Crippen molar-refractivity contribution in [1.82, 2.24) is 0 Å². The SMILES string of the molecule is Cc1cc(C(=O)OC2CC3CCC2(C)C3(C)C)ccc1Br. The number of fused-ring (bicyclic) bond motifs is 2. The Balaban J connectivity index is 1.79. The molecule has 0 saturated heterocycles. The van der Waals surface area contributed by atoms with Crippen LogP contribution >= 0.6 is 15.9 Å². The first kappa shape index (κ1) is 15.1. The third kappa shape index (κ3) is 2.16. The number of carbonyl (C=O) groups is 1. The maximum absolute atomic E-state index is 12.5. The van der Waals surface area contributed by atoms with Gasteiger partial charge in [0.25, 0.3) is 0 Å². The normalized spacial score (nSPS) is 33.2. The van der Waals surface area contributed by atoms with E-state index in [1.54, 1.807) is 0 Å². The molecule has 0 N–H and O–H groups in total. The van der Waals surface area contributed by atoms with E-state index in [1.807, 2.05) is 25.1 Å². The number of hydrogen-bond acceptors (Lipinski definition) is 2. The van der Waals surface area contributed by atoms with Gasteiger partial charge in [0.05, 0.1) is 5.56 Å². The second-order valence-electron chi connectivity index (χ2n) is 7.47. The molecule has 21 heavy (non-hydrogen) atoms. The third-order valence-electron chi connectivity index (χ3n) is 6.36. The summed E-state index contributed by atoms with van der Waals surface area (Å²) < 4.78 is 6.93. The minimum Gasteiger partial charge on any atom is -0.458 e. The third-order valence-corrected chi connectivity index (χ3v) is 7.25. The maximum atomic E-state index is 12.5. The lowest BCUT2D eigenvalue weighted by Gasteiger charge is -2.38. The molecule has 3 atom stereocenters. The molecule has 0 heterocycles. The van der Waals surface area contributed by atoms with Crippen molar-refractivity contribution in [2.24, 2.45) is 16.7 Å². The van der Waals surface area contributed by atoms with Gasteiger partial charge in [-0.05, 0) is 61.3 Å². The van der Waals surface area contributed by atoms with E-state index < -0.39 is 0 Å². The van der Waals surface area contributed by atoms with Gasteiger partial charge in [-0.15, -0.1) is 0 Å². The summed E-state index contributed by atoms with van der Waals surface area (Å²) in [4.78, 5) is 12.5. The minimum atomic E-state index is -0.180. The second-order valence-corrected chi connectivity index (χ2v) is 8.32. The number of aryl methyl sites for hydroxylation is 1. The van der Waals surface area contributed by atoms with E-state index in [0.717, 1.165) is 16.5 Å². The highest BCUT2D eigenvalue weighted by atomic mass is 79.9. The summed E-state index contributed by atoms with van der Waals surface area (Å²) in [5.41, 5.74) is 2.11. The number of hydrogen-bond donors (Lipinski definition) is 0. The first-order valence-corrected chi connectivity index (χ1v) is 8.52. The van der Waals surface area contributed by atoms with Crippen LogP contribution in [0.1, 0.15) is 56.0 Å². The summed E-state index contributed by atoms with van der Waals surface area (Å²) in [6.45, 7) is 8.96. The summed E-state index contributed by atoms with van der Waals surface area (Å²) in [6.07, 6.45) is 3.52. The first-order valence-electron chi connectivity index (χ1n) is 7.73. The average Bonchev–Trinajstić information content (AvgIpc) is 2.75. The van der Waals surface area contributed by atoms with Crippen molar-refractivity contribution in [2.45, 2.75) is 53.1 Å². The van der Waals surface area contributed by atoms with Crippen LogP contribution in [0.4, 0.5) is 0 Å². The molecule has 3 unspecified atom stereocenters. The fourth-order valence-corrected chi connectivity index (χ4v) is 4.52. The fourth-order valence-electron chi connectivity index (χ4n) is 4.28. The molecule has 0 amide bonds. The Kier molecular flexibility index (Phi) is 3.47. The zero-order valence-electron chi connectivity index (χ0n) is 13.2. The zero-order valence-corrected chi connectivity index (χ0v) is 14.8. The summed E-state index contributed by atoms with van der Waals surface area (Å²) in [7, 11) is 0. The number of carbonyl (C=O) groups excluding carboxylic acids is 1. The molecule has 0 aliphatic heterocycles. The molecule has 1 aromatic carbocycles. The van der Waals surface area contributed by atoms with E-state index in [9.17, 15) is 4.79 Å². The van der Waals surface area contributed by atoms with Crippen LogP contribution in [0.15, 0.2) is 22.7 Å². The Morgan fingerprint density at radius 1 is 1.33 bits per heavy atom. The molecule has 2 aliphatic carbocycles. The van der Waals surface area contributed by atoms with E-state index in [0.29, 0.717) is 11.5 Å². The number of esters is 1. The van der Waals surface area contributed by atoms with Crippen LogP contribution < -0.4 is 0 Å². The largest absolute Gasteiger partial charge is 0.458 e. The monoisotopic (exact) mass is 350 g/mol. The van der Waals surface area contributed by atoms with Crippen molar-refractivity contribution in [3.8, 4) is 0 Å². The van der Waals surface area contributed by atoms with Crippen LogP contribution in [0, 0.1) is 23.7 Å². The zero-order chi connectivity index (χ0) is 15.4. The average molecular weight is 351 g/mol. The minimum absolute atomic E-state index is 0.0581. The summed E-state index contributed by atoms with van der Waals surface area (Å²) in [5.74, 6) is 0.507. The Morgan fingerprint density at radius 2 is 2.05 bits per heavy atom. The molecule has 0 radical (unpaired) electrons. The molecule has 114 valence electrons. The molecule has 0 aromatic heterocycles. The molecular weight excluding hydrogens is 328 g/mol. The fraction of sp³-hybridized carbons (Fsp3) is 0.611. The van der Waals surface area contributed by atoms with Crippen LogP contribution in [0.25, 0.3) is 0 Å². The van der Waals surface area contributed by atoms with E-state index >= 15 is 0 Å². The van der Waals surface area contributed by atoms with Gasteiger partial charge in [-0.3, -0.25) is 0 Å². The molecule has 1 aromatic rings. The van der Waals surface area contributed by atoms with E-state index in [1.165, 1.54) is 12.8 Å². The molecule has 2 saturated carbocycles. The highest BCUT2D eigenvalue weighted by Gasteiger charge is 2.62. The van der Waals surface area contributed by atoms with Crippen molar-refractivity contribution >= 4 is 21.9 Å². The Hall–Kier alpha value is -0.830. The van der Waals surface area contributed by atoms with Crippen LogP contribution in [0.2, 0.25) is 0 Å². The van der Waals surface area contributed by atoms with Crippen molar-refractivity contribution in [2.75, 3.05) is 0 Å². The topological polar surface area (TPSA) is 26.3 Å².